The van der Waals surface area contributed by atoms with E-state index in [1.165, 1.54) is 0 Å². The number of halogens is 1. The second kappa shape index (κ2) is 10.0. The number of alkyl halides is 1. The van der Waals surface area contributed by atoms with Crippen molar-refractivity contribution in [3.63, 3.8) is 0 Å². The molecule has 0 saturated carbocycles. The highest BCUT2D eigenvalue weighted by molar-refractivity contribution is 5.81. The van der Waals surface area contributed by atoms with Crippen LogP contribution in [0, 0.1) is 17.3 Å². The first kappa shape index (κ1) is 24.9. The summed E-state index contributed by atoms with van der Waals surface area (Å²) in [6.45, 7) is 7.12. The number of fused-ring (bicyclic) bond motifs is 1. The monoisotopic (exact) mass is 508 g/mol. The maximum absolute atomic E-state index is 13.8. The molecule has 0 aromatic carbocycles. The lowest BCUT2D eigenvalue weighted by Gasteiger charge is -2.44. The highest BCUT2D eigenvalue weighted by Crippen LogP contribution is 2.38. The molecular weight excluding hydrogens is 467 g/mol. The Morgan fingerprint density at radius 1 is 1.11 bits per heavy atom. The highest BCUT2D eigenvalue weighted by Gasteiger charge is 2.49. The number of nitrogens with zero attached hydrogens (tertiary/aromatic N) is 3. The molecule has 0 bridgehead atoms. The van der Waals surface area contributed by atoms with Gasteiger partial charge < -0.3 is 26.0 Å². The molecule has 6 rings (SSSR count). The summed E-state index contributed by atoms with van der Waals surface area (Å²) < 4.78 is 19.2. The van der Waals surface area contributed by atoms with Crippen molar-refractivity contribution in [3.8, 4) is 0 Å². The van der Waals surface area contributed by atoms with Crippen LogP contribution in [0.15, 0.2) is 0 Å². The Morgan fingerprint density at radius 3 is 2.64 bits per heavy atom. The second-order valence-electron chi connectivity index (χ2n) is 11.8. The zero-order chi connectivity index (χ0) is 24.9. The number of likely N-dealkylation sites (tertiary alicyclic amines) is 2. The number of nitrogens with one attached hydrogen (secondary N) is 4. The quantitative estimate of drug-likeness (QED) is 0.287. The normalized spacial score (nSPS) is 39.7. The Labute approximate surface area is 211 Å². The number of hydrazine groups is 1. The van der Waals surface area contributed by atoms with E-state index in [1.807, 2.05) is 0 Å². The molecular formula is C24H41FN8O3. The Balaban J connectivity index is 1.03. The predicted molar refractivity (Wildman–Crippen MR) is 130 cm³/mol. The van der Waals surface area contributed by atoms with E-state index < -0.39 is 18.3 Å². The highest BCUT2D eigenvalue weighted by atomic mass is 19.1. The van der Waals surface area contributed by atoms with E-state index in [2.05, 4.69) is 31.2 Å². The minimum atomic E-state index is -0.983. The molecule has 1 spiro atoms. The molecule has 0 aromatic heterocycles. The molecule has 12 heteroatoms. The third-order valence-electron chi connectivity index (χ3n) is 9.31. The summed E-state index contributed by atoms with van der Waals surface area (Å²) in [6.07, 6.45) is 1.91. The first-order valence-electron chi connectivity index (χ1n) is 13.7. The molecule has 0 aliphatic carbocycles. The van der Waals surface area contributed by atoms with Gasteiger partial charge in [0.2, 0.25) is 11.8 Å². The molecule has 6 aliphatic heterocycles. The third kappa shape index (κ3) is 4.65. The molecule has 36 heavy (non-hydrogen) atoms. The lowest BCUT2D eigenvalue weighted by molar-refractivity contribution is -0.140. The van der Waals surface area contributed by atoms with Crippen molar-refractivity contribution in [1.29, 1.82) is 0 Å². The average Bonchev–Trinajstić information content (AvgIpc) is 3.45. The molecule has 6 atom stereocenters. The number of ether oxygens (including phenoxy) is 1. The van der Waals surface area contributed by atoms with E-state index in [-0.39, 0.29) is 48.6 Å². The molecule has 6 unspecified atom stereocenters. The zero-order valence-electron chi connectivity index (χ0n) is 21.0. The fourth-order valence-electron chi connectivity index (χ4n) is 7.17. The first-order valence-corrected chi connectivity index (χ1v) is 13.7. The van der Waals surface area contributed by atoms with Crippen LogP contribution in [0.2, 0.25) is 0 Å². The Kier molecular flexibility index (Phi) is 6.95. The van der Waals surface area contributed by atoms with E-state index in [0.29, 0.717) is 12.5 Å². The van der Waals surface area contributed by atoms with E-state index in [1.54, 1.807) is 5.01 Å². The zero-order valence-corrected chi connectivity index (χ0v) is 21.0. The molecule has 6 aliphatic rings. The summed E-state index contributed by atoms with van der Waals surface area (Å²) in [4.78, 5) is 31.1. The molecule has 0 radical (unpaired) electrons. The number of amides is 2. The fourth-order valence-corrected chi connectivity index (χ4v) is 7.17. The van der Waals surface area contributed by atoms with Gasteiger partial charge in [-0.1, -0.05) is 0 Å². The second-order valence-corrected chi connectivity index (χ2v) is 11.8. The summed E-state index contributed by atoms with van der Waals surface area (Å²) in [5.74, 6) is -0.180. The summed E-state index contributed by atoms with van der Waals surface area (Å²) in [5, 5.41) is 11.6. The van der Waals surface area contributed by atoms with Crippen molar-refractivity contribution in [2.45, 2.75) is 56.3 Å². The number of hydrogen-bond donors (Lipinski definition) is 5. The van der Waals surface area contributed by atoms with Crippen LogP contribution in [0.4, 0.5) is 4.39 Å². The Hall–Kier alpha value is -1.41. The minimum absolute atomic E-state index is 0.0330. The topological polar surface area (TPSA) is 127 Å². The van der Waals surface area contributed by atoms with Gasteiger partial charge in [-0.25, -0.2) is 14.8 Å². The number of nitrogens with two attached hydrogens (primary N) is 1. The number of hydrogen-bond acceptors (Lipinski definition) is 9. The van der Waals surface area contributed by atoms with Crippen LogP contribution in [0.1, 0.15) is 25.7 Å². The average molecular weight is 509 g/mol. The summed E-state index contributed by atoms with van der Waals surface area (Å²) >= 11 is 0. The van der Waals surface area contributed by atoms with Gasteiger partial charge in [0.1, 0.15) is 6.17 Å². The lowest BCUT2D eigenvalue weighted by atomic mass is 9.85. The van der Waals surface area contributed by atoms with Gasteiger partial charge in [0.05, 0.1) is 37.5 Å². The van der Waals surface area contributed by atoms with Crippen LogP contribution in [0.3, 0.4) is 0 Å². The van der Waals surface area contributed by atoms with Crippen molar-refractivity contribution in [3.05, 3.63) is 0 Å². The fraction of sp³-hybridized carbons (Fsp3) is 0.917. The number of rotatable bonds is 4. The van der Waals surface area contributed by atoms with Gasteiger partial charge in [-0.3, -0.25) is 19.8 Å². The van der Waals surface area contributed by atoms with Crippen LogP contribution in [-0.4, -0.2) is 123 Å². The number of carbonyl (C=O) groups is 2. The molecule has 6 fully saturated rings. The van der Waals surface area contributed by atoms with Crippen molar-refractivity contribution >= 4 is 11.8 Å². The lowest BCUT2D eigenvalue weighted by Crippen LogP contribution is -2.64. The van der Waals surface area contributed by atoms with Crippen LogP contribution >= 0.6 is 0 Å². The largest absolute Gasteiger partial charge is 0.380 e. The summed E-state index contributed by atoms with van der Waals surface area (Å²) in [6, 6.07) is 0.194. The van der Waals surface area contributed by atoms with Crippen LogP contribution in [0.5, 0.6) is 0 Å². The first-order chi connectivity index (χ1) is 17.4. The maximum atomic E-state index is 13.8. The third-order valence-corrected chi connectivity index (χ3v) is 9.31. The maximum Gasteiger partial charge on any atom is 0.229 e. The summed E-state index contributed by atoms with van der Waals surface area (Å²) in [7, 11) is 0. The number of carbonyl (C=O) groups excluding carboxylic acids is 2. The molecule has 0 aromatic rings. The van der Waals surface area contributed by atoms with Crippen molar-refractivity contribution in [1.82, 2.24) is 36.2 Å². The van der Waals surface area contributed by atoms with E-state index >= 15 is 0 Å². The van der Waals surface area contributed by atoms with Crippen LogP contribution in [-0.2, 0) is 14.3 Å². The van der Waals surface area contributed by atoms with E-state index in [0.717, 1.165) is 71.6 Å². The molecule has 6 heterocycles. The molecule has 6 N–H and O–H groups in total. The van der Waals surface area contributed by atoms with Gasteiger partial charge >= 0.3 is 0 Å². The van der Waals surface area contributed by atoms with Crippen molar-refractivity contribution < 1.29 is 18.7 Å². The van der Waals surface area contributed by atoms with Crippen molar-refractivity contribution in [2.24, 2.45) is 23.0 Å². The number of piperidine rings is 2. The van der Waals surface area contributed by atoms with Gasteiger partial charge in [-0.15, -0.1) is 0 Å². The van der Waals surface area contributed by atoms with Crippen LogP contribution in [0.25, 0.3) is 0 Å². The molecule has 6 saturated heterocycles. The SMILES string of the molecule is NC1NN2CC(F)CNC2C1C(=O)NC1CNCCC1N1CCC(C(=O)N2CCC3(COC3)C2)CC1. The van der Waals surface area contributed by atoms with Gasteiger partial charge in [0, 0.05) is 50.1 Å². The van der Waals surface area contributed by atoms with Gasteiger partial charge in [-0.05, 0) is 45.3 Å². The van der Waals surface area contributed by atoms with Crippen LogP contribution < -0.4 is 27.1 Å². The van der Waals surface area contributed by atoms with Gasteiger partial charge in [0.15, 0.2) is 0 Å². The smallest absolute Gasteiger partial charge is 0.229 e. The van der Waals surface area contributed by atoms with E-state index in [9.17, 15) is 14.0 Å². The minimum Gasteiger partial charge on any atom is -0.380 e. The summed E-state index contributed by atoms with van der Waals surface area (Å²) in [5.41, 5.74) is 9.53. The van der Waals surface area contributed by atoms with Gasteiger partial charge in [0.25, 0.3) is 0 Å². The molecule has 11 nitrogen and oxygen atoms in total. The Morgan fingerprint density at radius 2 is 1.92 bits per heavy atom. The predicted octanol–water partition coefficient (Wildman–Crippen LogP) is -2.22. The van der Waals surface area contributed by atoms with Crippen molar-refractivity contribution in [2.75, 3.05) is 65.6 Å². The molecule has 2 amide bonds. The Bertz CT molecular complexity index is 838. The molecule has 202 valence electrons. The van der Waals surface area contributed by atoms with Gasteiger partial charge in [-0.2, -0.15) is 0 Å². The van der Waals surface area contributed by atoms with E-state index in [4.69, 9.17) is 10.5 Å². The standard InChI is InChI=1S/C24H41FN8O3/c25-16-9-28-21-19(20(26)30-33(21)11-16)22(34)29-17-10-27-5-1-18(17)31-6-2-15(3-7-31)23(35)32-8-4-24(12-32)13-36-14-24/h15-21,27-28,30H,1-14,26H2,(H,29,34).